The van der Waals surface area contributed by atoms with Crippen LogP contribution < -0.4 is 5.73 Å². The lowest BCUT2D eigenvalue weighted by atomic mass is 9.93. The van der Waals surface area contributed by atoms with Crippen molar-refractivity contribution in [1.29, 1.82) is 0 Å². The molecular formula is C11H24N2O. The third-order valence-electron chi connectivity index (χ3n) is 3.40. The molecule has 3 nitrogen and oxygen atoms in total. The van der Waals surface area contributed by atoms with Gasteiger partial charge in [0.25, 0.3) is 0 Å². The summed E-state index contributed by atoms with van der Waals surface area (Å²) in [6.07, 6.45) is 5.06. The van der Waals surface area contributed by atoms with E-state index in [-0.39, 0.29) is 5.54 Å². The van der Waals surface area contributed by atoms with Gasteiger partial charge in [0.2, 0.25) is 0 Å². The highest BCUT2D eigenvalue weighted by atomic mass is 16.5. The van der Waals surface area contributed by atoms with Crippen molar-refractivity contribution >= 4 is 0 Å². The predicted octanol–water partition coefficient (Wildman–Crippen LogP) is 1.23. The van der Waals surface area contributed by atoms with Gasteiger partial charge >= 0.3 is 0 Å². The van der Waals surface area contributed by atoms with Crippen LogP contribution in [0.3, 0.4) is 0 Å². The van der Waals surface area contributed by atoms with Gasteiger partial charge in [0.15, 0.2) is 0 Å². The van der Waals surface area contributed by atoms with E-state index in [9.17, 15) is 0 Å². The molecule has 1 rings (SSSR count). The fourth-order valence-corrected chi connectivity index (χ4v) is 2.14. The van der Waals surface area contributed by atoms with Gasteiger partial charge in [0.05, 0.1) is 0 Å². The van der Waals surface area contributed by atoms with Crippen LogP contribution in [0.25, 0.3) is 0 Å². The van der Waals surface area contributed by atoms with Crippen LogP contribution in [0.15, 0.2) is 0 Å². The van der Waals surface area contributed by atoms with Crippen molar-refractivity contribution in [3.63, 3.8) is 0 Å². The third-order valence-corrected chi connectivity index (χ3v) is 3.40. The molecule has 84 valence electrons. The first kappa shape index (κ1) is 12.0. The molecule has 1 atom stereocenters. The number of methoxy groups -OCH3 is 1. The highest BCUT2D eigenvalue weighted by Crippen LogP contribution is 2.23. The van der Waals surface area contributed by atoms with Gasteiger partial charge in [0, 0.05) is 25.8 Å². The fourth-order valence-electron chi connectivity index (χ4n) is 2.14. The molecule has 0 spiro atoms. The van der Waals surface area contributed by atoms with Gasteiger partial charge < -0.3 is 10.5 Å². The standard InChI is InChI=1S/C11H24N2O/c1-11(10-12,6-9-14-2)13-7-4-3-5-8-13/h3-10,12H2,1-2H3. The lowest BCUT2D eigenvalue weighted by Gasteiger charge is -2.42. The van der Waals surface area contributed by atoms with Gasteiger partial charge in [-0.2, -0.15) is 0 Å². The summed E-state index contributed by atoms with van der Waals surface area (Å²) in [5, 5.41) is 0. The molecule has 0 amide bonds. The zero-order valence-corrected chi connectivity index (χ0v) is 9.59. The van der Waals surface area contributed by atoms with Gasteiger partial charge in [-0.05, 0) is 39.3 Å². The summed E-state index contributed by atoms with van der Waals surface area (Å²) >= 11 is 0. The maximum absolute atomic E-state index is 5.88. The molecular weight excluding hydrogens is 176 g/mol. The Morgan fingerprint density at radius 3 is 2.43 bits per heavy atom. The van der Waals surface area contributed by atoms with E-state index in [1.54, 1.807) is 7.11 Å². The first-order valence-corrected chi connectivity index (χ1v) is 5.67. The molecule has 1 aliphatic heterocycles. The Balaban J connectivity index is 2.47. The van der Waals surface area contributed by atoms with Crippen LogP contribution in [0, 0.1) is 0 Å². The zero-order chi connectivity index (χ0) is 10.4. The topological polar surface area (TPSA) is 38.5 Å². The van der Waals surface area contributed by atoms with E-state index in [1.807, 2.05) is 0 Å². The molecule has 0 aliphatic carbocycles. The van der Waals surface area contributed by atoms with Crippen molar-refractivity contribution in [2.75, 3.05) is 33.4 Å². The predicted molar refractivity (Wildman–Crippen MR) is 59.4 cm³/mol. The minimum absolute atomic E-state index is 0.149. The second kappa shape index (κ2) is 5.69. The number of ether oxygens (including phenoxy) is 1. The van der Waals surface area contributed by atoms with Gasteiger partial charge in [-0.3, -0.25) is 4.90 Å². The minimum atomic E-state index is 0.149. The summed E-state index contributed by atoms with van der Waals surface area (Å²) in [4.78, 5) is 2.54. The lowest BCUT2D eigenvalue weighted by Crippen LogP contribution is -2.54. The lowest BCUT2D eigenvalue weighted by molar-refractivity contribution is 0.0535. The van der Waals surface area contributed by atoms with Crippen LogP contribution in [-0.2, 0) is 4.74 Å². The summed E-state index contributed by atoms with van der Waals surface area (Å²) in [6, 6.07) is 0. The van der Waals surface area contributed by atoms with E-state index >= 15 is 0 Å². The number of hydrogen-bond donors (Lipinski definition) is 1. The average Bonchev–Trinajstić information content (AvgIpc) is 2.27. The number of hydrogen-bond acceptors (Lipinski definition) is 3. The molecule has 1 unspecified atom stereocenters. The zero-order valence-electron chi connectivity index (χ0n) is 9.59. The average molecular weight is 200 g/mol. The molecule has 2 N–H and O–H groups in total. The van der Waals surface area contributed by atoms with Crippen LogP contribution in [0.1, 0.15) is 32.6 Å². The number of nitrogens with zero attached hydrogens (tertiary/aromatic N) is 1. The molecule has 0 aromatic rings. The van der Waals surface area contributed by atoms with Crippen LogP contribution >= 0.6 is 0 Å². The van der Waals surface area contributed by atoms with E-state index in [0.717, 1.165) is 19.6 Å². The van der Waals surface area contributed by atoms with E-state index in [2.05, 4.69) is 11.8 Å². The Hall–Kier alpha value is -0.120. The second-order valence-electron chi connectivity index (χ2n) is 4.49. The molecule has 14 heavy (non-hydrogen) atoms. The molecule has 1 heterocycles. The highest BCUT2D eigenvalue weighted by molar-refractivity contribution is 4.88. The van der Waals surface area contributed by atoms with E-state index in [1.165, 1.54) is 32.4 Å². The molecule has 0 saturated carbocycles. The number of nitrogens with two attached hydrogens (primary N) is 1. The van der Waals surface area contributed by atoms with Gasteiger partial charge in [0.1, 0.15) is 0 Å². The summed E-state index contributed by atoms with van der Waals surface area (Å²) in [5.41, 5.74) is 6.03. The Bertz CT molecular complexity index is 157. The van der Waals surface area contributed by atoms with Crippen molar-refractivity contribution in [2.45, 2.75) is 38.1 Å². The van der Waals surface area contributed by atoms with Gasteiger partial charge in [-0.1, -0.05) is 6.42 Å². The van der Waals surface area contributed by atoms with Crippen LogP contribution in [0.5, 0.6) is 0 Å². The number of likely N-dealkylation sites (tertiary alicyclic amines) is 1. The van der Waals surface area contributed by atoms with Crippen LogP contribution in [0.2, 0.25) is 0 Å². The first-order chi connectivity index (χ1) is 6.73. The summed E-state index contributed by atoms with van der Waals surface area (Å²) in [5.74, 6) is 0. The molecule has 0 aromatic carbocycles. The number of piperidine rings is 1. The monoisotopic (exact) mass is 200 g/mol. The second-order valence-corrected chi connectivity index (χ2v) is 4.49. The number of rotatable bonds is 5. The molecule has 0 aromatic heterocycles. The summed E-state index contributed by atoms with van der Waals surface area (Å²) in [7, 11) is 1.76. The summed E-state index contributed by atoms with van der Waals surface area (Å²) < 4.78 is 5.15. The Kier molecular flexibility index (Phi) is 4.85. The maximum Gasteiger partial charge on any atom is 0.0480 e. The van der Waals surface area contributed by atoms with E-state index in [4.69, 9.17) is 10.5 Å². The van der Waals surface area contributed by atoms with Crippen molar-refractivity contribution in [1.82, 2.24) is 4.90 Å². The smallest absolute Gasteiger partial charge is 0.0480 e. The van der Waals surface area contributed by atoms with Crippen molar-refractivity contribution in [3.8, 4) is 0 Å². The van der Waals surface area contributed by atoms with Crippen molar-refractivity contribution in [2.24, 2.45) is 5.73 Å². The molecule has 1 aliphatic rings. The Labute approximate surface area is 87.6 Å². The van der Waals surface area contributed by atoms with Crippen molar-refractivity contribution in [3.05, 3.63) is 0 Å². The van der Waals surface area contributed by atoms with E-state index < -0.39 is 0 Å². The Morgan fingerprint density at radius 1 is 1.29 bits per heavy atom. The first-order valence-electron chi connectivity index (χ1n) is 5.67. The SMILES string of the molecule is COCCC(C)(CN)N1CCCCC1. The normalized spacial score (nSPS) is 23.4. The maximum atomic E-state index is 5.88. The van der Waals surface area contributed by atoms with Crippen LogP contribution in [0.4, 0.5) is 0 Å². The van der Waals surface area contributed by atoms with E-state index in [0.29, 0.717) is 0 Å². The molecule has 0 bridgehead atoms. The molecule has 3 heteroatoms. The third kappa shape index (κ3) is 2.94. The molecule has 1 saturated heterocycles. The van der Waals surface area contributed by atoms with Crippen LogP contribution in [-0.4, -0.2) is 43.8 Å². The quantitative estimate of drug-likeness (QED) is 0.725. The highest BCUT2D eigenvalue weighted by Gasteiger charge is 2.30. The fraction of sp³-hybridized carbons (Fsp3) is 1.00. The van der Waals surface area contributed by atoms with Crippen molar-refractivity contribution < 1.29 is 4.74 Å². The van der Waals surface area contributed by atoms with Gasteiger partial charge in [-0.25, -0.2) is 0 Å². The minimum Gasteiger partial charge on any atom is -0.385 e. The summed E-state index contributed by atoms with van der Waals surface area (Å²) in [6.45, 7) is 6.22. The molecule has 1 fully saturated rings. The van der Waals surface area contributed by atoms with Gasteiger partial charge in [-0.15, -0.1) is 0 Å². The Morgan fingerprint density at radius 2 is 1.93 bits per heavy atom. The largest absolute Gasteiger partial charge is 0.385 e. The molecule has 0 radical (unpaired) electrons.